The number of hydrogen-bond acceptors (Lipinski definition) is 7. The fourth-order valence-electron chi connectivity index (χ4n) is 0.186. The SMILES string of the molecule is O=C(OS(=O)(=O)O)OS(=O)(=O)O.[AlH3].[AlH3]. The Labute approximate surface area is 101 Å². The van der Waals surface area contributed by atoms with E-state index in [1.165, 1.54) is 0 Å². The molecule has 0 amide bonds. The molecule has 13 heteroatoms. The van der Waals surface area contributed by atoms with E-state index in [4.69, 9.17) is 9.11 Å². The molecule has 0 radical (unpaired) electrons. The van der Waals surface area contributed by atoms with Gasteiger partial charge in [-0.05, 0) is 0 Å². The molecule has 0 aromatic carbocycles. The van der Waals surface area contributed by atoms with Gasteiger partial charge in [-0.3, -0.25) is 17.5 Å². The molecule has 0 spiro atoms. The Kier molecular flexibility index (Phi) is 9.29. The molecule has 2 N–H and O–H groups in total. The van der Waals surface area contributed by atoms with Crippen LogP contribution in [0.25, 0.3) is 0 Å². The molecule has 0 saturated heterocycles. The molecule has 0 bridgehead atoms. The number of rotatable bonds is 2. The lowest BCUT2D eigenvalue weighted by Gasteiger charge is -1.97. The van der Waals surface area contributed by atoms with Crippen molar-refractivity contribution in [2.75, 3.05) is 0 Å². The van der Waals surface area contributed by atoms with Crippen molar-refractivity contribution < 1.29 is 39.1 Å². The Balaban J connectivity index is -0.000000605. The standard InChI is InChI=1S/CH2O9S2.2Al.6H/c2-1(9-11(3,4)5)10-12(6,7)8;;;;;;;;/h(H,3,4,5)(H,6,7,8);;;;;;;;. The first-order chi connectivity index (χ1) is 5.10. The van der Waals surface area contributed by atoms with Gasteiger partial charge in [0.25, 0.3) is 0 Å². The van der Waals surface area contributed by atoms with Crippen molar-refractivity contribution >= 4 is 61.7 Å². The summed E-state index contributed by atoms with van der Waals surface area (Å²) >= 11 is 0. The Bertz CT molecular complexity index is 328. The third-order valence-corrected chi connectivity index (χ3v) is 1.04. The van der Waals surface area contributed by atoms with Crippen LogP contribution in [-0.2, 0) is 29.2 Å². The van der Waals surface area contributed by atoms with Crippen LogP contribution in [0.5, 0.6) is 0 Å². The number of carbonyl (C=O) groups is 1. The highest BCUT2D eigenvalue weighted by Crippen LogP contribution is 1.95. The van der Waals surface area contributed by atoms with Crippen LogP contribution < -0.4 is 0 Å². The summed E-state index contributed by atoms with van der Waals surface area (Å²) in [6.07, 6.45) is -2.29. The summed E-state index contributed by atoms with van der Waals surface area (Å²) in [6.45, 7) is 0. The monoisotopic (exact) mass is 282 g/mol. The highest BCUT2D eigenvalue weighted by atomic mass is 32.3. The lowest BCUT2D eigenvalue weighted by Crippen LogP contribution is -2.16. The molecule has 14 heavy (non-hydrogen) atoms. The molecular weight excluding hydrogens is 274 g/mol. The Morgan fingerprint density at radius 3 is 1.21 bits per heavy atom. The van der Waals surface area contributed by atoms with Gasteiger partial charge in [0, 0.05) is 0 Å². The third kappa shape index (κ3) is 14.7. The van der Waals surface area contributed by atoms with Crippen LogP contribution in [-0.4, -0.2) is 66.8 Å². The summed E-state index contributed by atoms with van der Waals surface area (Å²) in [4.78, 5) is 9.95. The molecular formula is CH8Al2O9S2. The van der Waals surface area contributed by atoms with Crippen molar-refractivity contribution in [3.8, 4) is 0 Å². The van der Waals surface area contributed by atoms with Crippen molar-refractivity contribution in [2.45, 2.75) is 0 Å². The summed E-state index contributed by atoms with van der Waals surface area (Å²) in [5.74, 6) is 0. The number of carbonyl (C=O) groups excluding carboxylic acids is 1. The van der Waals surface area contributed by atoms with E-state index >= 15 is 0 Å². The fraction of sp³-hybridized carbons (Fsp3) is 0. The van der Waals surface area contributed by atoms with E-state index in [1.807, 2.05) is 0 Å². The third-order valence-electron chi connectivity index (χ3n) is 0.347. The van der Waals surface area contributed by atoms with Crippen molar-refractivity contribution in [1.82, 2.24) is 0 Å². The summed E-state index contributed by atoms with van der Waals surface area (Å²) in [5.41, 5.74) is 0. The van der Waals surface area contributed by atoms with E-state index in [9.17, 15) is 21.6 Å². The molecule has 84 valence electrons. The van der Waals surface area contributed by atoms with Gasteiger partial charge in [0.15, 0.2) is 34.7 Å². The maximum atomic E-state index is 9.95. The van der Waals surface area contributed by atoms with Gasteiger partial charge in [0.1, 0.15) is 0 Å². The average Bonchev–Trinajstić information content (AvgIpc) is 1.49. The van der Waals surface area contributed by atoms with Crippen LogP contribution in [0.3, 0.4) is 0 Å². The van der Waals surface area contributed by atoms with Crippen LogP contribution in [0, 0.1) is 0 Å². The van der Waals surface area contributed by atoms with Gasteiger partial charge in [-0.25, -0.2) is 4.79 Å². The minimum atomic E-state index is -5.15. The first-order valence-corrected chi connectivity index (χ1v) is 4.71. The maximum Gasteiger partial charge on any atom is 0.543 e. The second-order valence-electron chi connectivity index (χ2n) is 1.27. The summed E-state index contributed by atoms with van der Waals surface area (Å²) in [7, 11) is -10.3. The van der Waals surface area contributed by atoms with E-state index in [0.29, 0.717) is 0 Å². The summed E-state index contributed by atoms with van der Waals surface area (Å²) < 4.78 is 60.1. The van der Waals surface area contributed by atoms with Gasteiger partial charge in [-0.1, -0.05) is 0 Å². The summed E-state index contributed by atoms with van der Waals surface area (Å²) in [5, 5.41) is 0. The molecule has 0 fully saturated rings. The van der Waals surface area contributed by atoms with Crippen molar-refractivity contribution in [1.29, 1.82) is 0 Å². The molecule has 0 aliphatic carbocycles. The normalized spacial score (nSPS) is 10.4. The zero-order chi connectivity index (χ0) is 9.99. The van der Waals surface area contributed by atoms with Crippen molar-refractivity contribution in [2.24, 2.45) is 0 Å². The van der Waals surface area contributed by atoms with Gasteiger partial charge in [-0.15, -0.1) is 0 Å². The maximum absolute atomic E-state index is 9.95. The quantitative estimate of drug-likeness (QED) is 0.387. The van der Waals surface area contributed by atoms with Crippen LogP contribution in [0.15, 0.2) is 0 Å². The molecule has 9 nitrogen and oxygen atoms in total. The molecule has 0 saturated carbocycles. The highest BCUT2D eigenvalue weighted by molar-refractivity contribution is 7.82. The van der Waals surface area contributed by atoms with Gasteiger partial charge >= 0.3 is 27.0 Å². The topological polar surface area (TPSA) is 144 Å². The minimum absolute atomic E-state index is 0. The fourth-order valence-corrected chi connectivity index (χ4v) is 0.641. The first kappa shape index (κ1) is 19.7. The van der Waals surface area contributed by atoms with Gasteiger partial charge in [-0.2, -0.15) is 16.8 Å². The Morgan fingerprint density at radius 1 is 0.857 bits per heavy atom. The molecule has 0 rings (SSSR count). The average molecular weight is 282 g/mol. The van der Waals surface area contributed by atoms with Crippen molar-refractivity contribution in [3.63, 3.8) is 0 Å². The zero-order valence-corrected chi connectivity index (χ0v) is 6.70. The van der Waals surface area contributed by atoms with Crippen LogP contribution in [0.1, 0.15) is 0 Å². The van der Waals surface area contributed by atoms with Crippen LogP contribution >= 0.6 is 0 Å². The van der Waals surface area contributed by atoms with E-state index in [1.54, 1.807) is 0 Å². The van der Waals surface area contributed by atoms with E-state index in [2.05, 4.69) is 8.37 Å². The molecule has 0 atom stereocenters. The Hall–Kier alpha value is 0.155. The predicted octanol–water partition coefficient (Wildman–Crippen LogP) is -3.62. The minimum Gasteiger partial charge on any atom is -0.290 e. The van der Waals surface area contributed by atoms with Gasteiger partial charge < -0.3 is 0 Å². The number of hydrogen-bond donors (Lipinski definition) is 2. The predicted molar refractivity (Wildman–Crippen MR) is 50.5 cm³/mol. The molecule has 0 aromatic heterocycles. The van der Waals surface area contributed by atoms with Crippen LogP contribution in [0.2, 0.25) is 0 Å². The van der Waals surface area contributed by atoms with E-state index < -0.39 is 27.0 Å². The highest BCUT2D eigenvalue weighted by Gasteiger charge is 2.20. The molecule has 0 aliphatic rings. The second kappa shape index (κ2) is 6.60. The summed E-state index contributed by atoms with van der Waals surface area (Å²) in [6, 6.07) is 0. The molecule has 0 heterocycles. The van der Waals surface area contributed by atoms with Gasteiger partial charge in [0.05, 0.1) is 0 Å². The lowest BCUT2D eigenvalue weighted by atomic mass is 11.5. The van der Waals surface area contributed by atoms with Gasteiger partial charge in [0.2, 0.25) is 0 Å². The first-order valence-electron chi connectivity index (χ1n) is 1.98. The van der Waals surface area contributed by atoms with E-state index in [-0.39, 0.29) is 34.7 Å². The lowest BCUT2D eigenvalue weighted by molar-refractivity contribution is 0.145. The largest absolute Gasteiger partial charge is 0.543 e. The van der Waals surface area contributed by atoms with E-state index in [0.717, 1.165) is 0 Å². The molecule has 0 aliphatic heterocycles. The molecule has 0 aromatic rings. The zero-order valence-electron chi connectivity index (χ0n) is 5.07. The molecule has 0 unspecified atom stereocenters. The van der Waals surface area contributed by atoms with Crippen molar-refractivity contribution in [3.05, 3.63) is 0 Å². The van der Waals surface area contributed by atoms with Crippen LogP contribution in [0.4, 0.5) is 4.79 Å². The second-order valence-corrected chi connectivity index (χ2v) is 3.32. The smallest absolute Gasteiger partial charge is 0.290 e. The Morgan fingerprint density at radius 2 is 1.07 bits per heavy atom.